The highest BCUT2D eigenvalue weighted by Crippen LogP contribution is 2.64. The Balaban J connectivity index is 0.000000141. The van der Waals surface area contributed by atoms with Gasteiger partial charge in [-0.1, -0.05) is 334 Å². The molecule has 2 heterocycles. The summed E-state index contributed by atoms with van der Waals surface area (Å²) in [4.78, 5) is 4.62. The van der Waals surface area contributed by atoms with Crippen LogP contribution in [0.2, 0.25) is 0 Å². The van der Waals surface area contributed by atoms with Crippen LogP contribution in [0.1, 0.15) is 50.1 Å². The van der Waals surface area contributed by atoms with Crippen LogP contribution in [0, 0.1) is 6.92 Å². The molecule has 0 radical (unpaired) electrons. The van der Waals surface area contributed by atoms with Crippen LogP contribution in [-0.4, -0.2) is 0 Å². The lowest BCUT2D eigenvalue weighted by Gasteiger charge is -2.35. The minimum Gasteiger partial charge on any atom is -0.455 e. The van der Waals surface area contributed by atoms with Gasteiger partial charge in [0.1, 0.15) is 22.3 Å². The van der Waals surface area contributed by atoms with Crippen molar-refractivity contribution in [2.24, 2.45) is 0 Å². The monoisotopic (exact) mass is 1540 g/mol. The second-order valence-electron chi connectivity index (χ2n) is 32.1. The summed E-state index contributed by atoms with van der Waals surface area (Å²) < 4.78 is 13.5. The first-order valence-corrected chi connectivity index (χ1v) is 41.8. The summed E-state index contributed by atoms with van der Waals surface area (Å²) in [5.74, 6) is 0. The number of hydrogen-bond acceptors (Lipinski definition) is 4. The van der Waals surface area contributed by atoms with Gasteiger partial charge in [-0.2, -0.15) is 0 Å². The van der Waals surface area contributed by atoms with E-state index < -0.39 is 10.8 Å². The van der Waals surface area contributed by atoms with Crippen molar-refractivity contribution in [1.82, 2.24) is 0 Å². The van der Waals surface area contributed by atoms with Gasteiger partial charge in [0.05, 0.1) is 10.8 Å². The van der Waals surface area contributed by atoms with Gasteiger partial charge in [-0.15, -0.1) is 0 Å². The smallest absolute Gasteiger partial charge is 0.143 e. The number of fused-ring (bicyclic) bond motifs is 19. The van der Waals surface area contributed by atoms with E-state index in [9.17, 15) is 0 Å². The largest absolute Gasteiger partial charge is 0.455 e. The lowest BCUT2D eigenvalue weighted by molar-refractivity contribution is 0.669. The van der Waals surface area contributed by atoms with E-state index in [4.69, 9.17) is 8.83 Å². The van der Waals surface area contributed by atoms with Gasteiger partial charge in [0.15, 0.2) is 0 Å². The molecular weight excluding hydrogens is 1470 g/mol. The first-order valence-electron chi connectivity index (χ1n) is 41.8. The molecule has 0 amide bonds. The predicted octanol–water partition coefficient (Wildman–Crippen LogP) is 31.5. The van der Waals surface area contributed by atoms with E-state index in [2.05, 4.69) is 472 Å². The Kier molecular flexibility index (Phi) is 16.9. The molecule has 568 valence electrons. The zero-order chi connectivity index (χ0) is 80.1. The van der Waals surface area contributed by atoms with Crippen LogP contribution < -0.4 is 9.80 Å². The zero-order valence-electron chi connectivity index (χ0n) is 66.5. The van der Waals surface area contributed by atoms with Crippen LogP contribution >= 0.6 is 0 Å². The topological polar surface area (TPSA) is 32.8 Å². The van der Waals surface area contributed by atoms with E-state index in [1.165, 1.54) is 106 Å². The highest BCUT2D eigenvalue weighted by atomic mass is 16.3. The predicted molar refractivity (Wildman–Crippen MR) is 502 cm³/mol. The number of anilines is 6. The van der Waals surface area contributed by atoms with E-state index in [-0.39, 0.29) is 0 Å². The maximum Gasteiger partial charge on any atom is 0.143 e. The third kappa shape index (κ3) is 11.4. The van der Waals surface area contributed by atoms with E-state index in [0.717, 1.165) is 111 Å². The number of aryl methyl sites for hydroxylation is 1. The van der Waals surface area contributed by atoms with Crippen LogP contribution in [-0.2, 0) is 10.8 Å². The average molecular weight is 1540 g/mol. The van der Waals surface area contributed by atoms with Crippen molar-refractivity contribution in [2.45, 2.75) is 17.8 Å². The average Bonchev–Trinajstić information content (AvgIpc) is 1.51. The summed E-state index contributed by atoms with van der Waals surface area (Å²) >= 11 is 0. The minimum absolute atomic E-state index is 0.410. The van der Waals surface area contributed by atoms with Crippen molar-refractivity contribution < 1.29 is 8.83 Å². The lowest BCUT2D eigenvalue weighted by atomic mass is 9.66. The number of benzene rings is 19. The fourth-order valence-electron chi connectivity index (χ4n) is 20.2. The fourth-order valence-corrected chi connectivity index (χ4v) is 20.2. The van der Waals surface area contributed by atoms with Crippen LogP contribution in [0.25, 0.3) is 133 Å². The summed E-state index contributed by atoms with van der Waals surface area (Å²) in [5.41, 5.74) is 40.3. The maximum atomic E-state index is 6.75. The van der Waals surface area contributed by atoms with Crippen molar-refractivity contribution in [3.63, 3.8) is 0 Å². The Bertz CT molecular complexity index is 7460. The van der Waals surface area contributed by atoms with Gasteiger partial charge >= 0.3 is 0 Å². The molecule has 1 spiro atoms. The Labute approximate surface area is 703 Å². The van der Waals surface area contributed by atoms with Gasteiger partial charge in [0.2, 0.25) is 0 Å². The minimum atomic E-state index is -0.483. The molecule has 4 heteroatoms. The van der Waals surface area contributed by atoms with Gasteiger partial charge in [-0.3, -0.25) is 0 Å². The molecule has 0 bridgehead atoms. The molecule has 0 N–H and O–H groups in total. The number of furan rings is 2. The van der Waals surface area contributed by atoms with Crippen molar-refractivity contribution in [3.8, 4) is 89.0 Å². The summed E-state index contributed by atoms with van der Waals surface area (Å²) in [6, 6.07) is 165. The van der Waals surface area contributed by atoms with E-state index in [1.807, 2.05) is 0 Å². The second kappa shape index (κ2) is 28.9. The zero-order valence-corrected chi connectivity index (χ0v) is 66.5. The van der Waals surface area contributed by atoms with Crippen LogP contribution in [0.3, 0.4) is 0 Å². The lowest BCUT2D eigenvalue weighted by Crippen LogP contribution is -2.29. The molecule has 21 aromatic rings. The molecule has 1 atom stereocenters. The van der Waals surface area contributed by atoms with Gasteiger partial charge in [-0.25, -0.2) is 0 Å². The Morgan fingerprint density at radius 2 is 0.479 bits per heavy atom. The van der Waals surface area contributed by atoms with Crippen LogP contribution in [0.4, 0.5) is 34.1 Å². The van der Waals surface area contributed by atoms with E-state index >= 15 is 0 Å². The number of para-hydroxylation sites is 5. The molecule has 4 nitrogen and oxygen atoms in total. The Morgan fingerprint density at radius 3 is 0.893 bits per heavy atom. The summed E-state index contributed by atoms with van der Waals surface area (Å²) in [6.45, 7) is 2.25. The molecule has 2 aromatic heterocycles. The first kappa shape index (κ1) is 70.8. The van der Waals surface area contributed by atoms with Gasteiger partial charge in [0.25, 0.3) is 0 Å². The van der Waals surface area contributed by atoms with E-state index in [1.54, 1.807) is 0 Å². The Morgan fingerprint density at radius 1 is 0.182 bits per heavy atom. The van der Waals surface area contributed by atoms with Gasteiger partial charge in [-0.05, 0) is 256 Å². The van der Waals surface area contributed by atoms with Gasteiger partial charge < -0.3 is 18.6 Å². The van der Waals surface area contributed by atoms with Crippen LogP contribution in [0.15, 0.2) is 464 Å². The molecule has 0 saturated heterocycles. The quantitative estimate of drug-likeness (QED) is 0.115. The summed E-state index contributed by atoms with van der Waals surface area (Å²) in [6.07, 6.45) is 0. The number of nitrogens with zero attached hydrogens (tertiary/aromatic N) is 2. The third-order valence-electron chi connectivity index (χ3n) is 25.6. The van der Waals surface area contributed by atoms with Crippen molar-refractivity contribution in [2.75, 3.05) is 9.80 Å². The second-order valence-corrected chi connectivity index (χ2v) is 32.1. The van der Waals surface area contributed by atoms with Crippen molar-refractivity contribution in [3.05, 3.63) is 505 Å². The highest BCUT2D eigenvalue weighted by molar-refractivity contribution is 6.13. The normalized spacial score (nSPS) is 13.6. The fraction of sp³-hybridized carbons (Fsp3) is 0.0256. The SMILES string of the molecule is Cc1ccccc1C1(c2ccccc2)c2ccccc2-c2ccc(-c3cc(-c4ccc(N(c5ccccc5)c5ccccc5)cc4)c4oc5ccccc5c4c3)cc21.c1ccc(-c2ccc(N(c3ccccc3)c3ccc(-c4cc(-c5ccc6c(c5)C5(c7ccccc7-c7ccccc75)c5ccccc5-6)cc5c4oc4ccccc45)cc3)cc2)cc1. The summed E-state index contributed by atoms with van der Waals surface area (Å²) in [7, 11) is 0. The van der Waals surface area contributed by atoms with Gasteiger partial charge in [0, 0.05) is 66.8 Å². The van der Waals surface area contributed by atoms with Crippen molar-refractivity contribution >= 4 is 78.0 Å². The first-order chi connectivity index (χ1) is 59.9. The standard InChI is InChI=1S/C61H39NO.C56H39NO/c1-3-15-40(16-4-1)41-27-32-46(33-28-41)62(45-17-5-2-6-18-45)47-34-29-42(30-35-47)53-37-44(38-54-52-22-10-14-26-59(52)63-60(53)54)43-31-36-51-50-21-9-13-25-57(50)61(58(51)39-43)55-23-11-7-19-48(55)49-20-8-12-24-56(49)61;1-38-17-11-14-26-51(38)56(42-18-5-2-6-19-42)52-27-15-12-24-46(52)47-34-31-40(37-53(47)56)41-35-49(55-50(36-41)48-25-13-16-28-54(48)58-55)39-29-32-45(33-30-39)57(43-20-7-3-8-21-43)44-22-9-4-10-23-44/h1-39H;2-37H,1H3. The molecule has 121 heavy (non-hydrogen) atoms. The Hall–Kier alpha value is -15.6. The molecular formula is C117H78N2O2. The number of rotatable bonds is 13. The highest BCUT2D eigenvalue weighted by Gasteiger charge is 2.52. The molecule has 0 saturated carbocycles. The van der Waals surface area contributed by atoms with Crippen molar-refractivity contribution in [1.29, 1.82) is 0 Å². The van der Waals surface area contributed by atoms with E-state index in [0.29, 0.717) is 0 Å². The molecule has 3 aliphatic rings. The number of hydrogen-bond donors (Lipinski definition) is 0. The molecule has 0 aliphatic heterocycles. The summed E-state index contributed by atoms with van der Waals surface area (Å²) in [5, 5.41) is 4.45. The van der Waals surface area contributed by atoms with Crippen LogP contribution in [0.5, 0.6) is 0 Å². The third-order valence-corrected chi connectivity index (χ3v) is 25.6. The molecule has 1 unspecified atom stereocenters. The molecule has 0 fully saturated rings. The molecule has 24 rings (SSSR count). The molecule has 3 aliphatic carbocycles. The molecule has 19 aromatic carbocycles. The maximum absolute atomic E-state index is 6.75.